The van der Waals surface area contributed by atoms with Gasteiger partial charge in [-0.15, -0.1) is 0 Å². The van der Waals surface area contributed by atoms with Crippen molar-refractivity contribution in [2.75, 3.05) is 26.7 Å². The third-order valence-corrected chi connectivity index (χ3v) is 5.22. The lowest BCUT2D eigenvalue weighted by atomic mass is 10.1. The first-order valence-corrected chi connectivity index (χ1v) is 9.18. The van der Waals surface area contributed by atoms with E-state index < -0.39 is 30.5 Å². The Morgan fingerprint density at radius 2 is 2.00 bits per heavy atom. The largest absolute Gasteiger partial charge is 0.480 e. The Bertz CT molecular complexity index is 910. The van der Waals surface area contributed by atoms with E-state index in [2.05, 4.69) is 16.5 Å². The van der Waals surface area contributed by atoms with Gasteiger partial charge in [0.05, 0.1) is 19.6 Å². The molecule has 1 aromatic carbocycles. The fraction of sp³-hybridized carbons (Fsp3) is 0.421. The zero-order valence-electron chi connectivity index (χ0n) is 15.8. The predicted molar refractivity (Wildman–Crippen MR) is 99.9 cm³/mol. The second kappa shape index (κ2) is 6.74. The number of benzene rings is 1. The summed E-state index contributed by atoms with van der Waals surface area (Å²) in [7, 11) is 1.53. The lowest BCUT2D eigenvalue weighted by Gasteiger charge is -2.36. The summed E-state index contributed by atoms with van der Waals surface area (Å²) in [4.78, 5) is 45.2. The molecule has 0 radical (unpaired) electrons. The van der Waals surface area contributed by atoms with Crippen molar-refractivity contribution in [3.8, 4) is 0 Å². The van der Waals surface area contributed by atoms with E-state index in [0.29, 0.717) is 24.9 Å². The molecule has 1 N–H and O–H groups in total. The summed E-state index contributed by atoms with van der Waals surface area (Å²) in [6, 6.07) is 8.56. The topological polar surface area (TPSA) is 96.5 Å². The summed E-state index contributed by atoms with van der Waals surface area (Å²) >= 11 is 0. The molecule has 0 saturated carbocycles. The number of carbonyl (C=O) groups is 3. The quantitative estimate of drug-likeness (QED) is 0.752. The van der Waals surface area contributed by atoms with Gasteiger partial charge in [0.25, 0.3) is 5.91 Å². The number of carboxylic acids is 1. The van der Waals surface area contributed by atoms with E-state index in [1.165, 1.54) is 11.9 Å². The molecular formula is C19H22N5O4+. The van der Waals surface area contributed by atoms with Gasteiger partial charge in [0.2, 0.25) is 11.9 Å². The van der Waals surface area contributed by atoms with Gasteiger partial charge in [-0.3, -0.25) is 19.1 Å². The molecule has 3 amide bonds. The minimum Gasteiger partial charge on any atom is -0.480 e. The highest BCUT2D eigenvalue weighted by molar-refractivity contribution is 6.26. The Balaban J connectivity index is 1.73. The SMILES string of the molecule is CC1CN2C(=[N+](Cc3ccccc3)C1)N=C1C2C(=O)N(CC(=O)O)C(=O)N1C. The number of rotatable bonds is 4. The summed E-state index contributed by atoms with van der Waals surface area (Å²) in [5, 5.41) is 9.09. The molecule has 3 heterocycles. The van der Waals surface area contributed by atoms with E-state index >= 15 is 0 Å². The lowest BCUT2D eigenvalue weighted by Crippen LogP contribution is -2.65. The van der Waals surface area contributed by atoms with E-state index in [-0.39, 0.29) is 5.92 Å². The first kappa shape index (κ1) is 18.1. The van der Waals surface area contributed by atoms with E-state index in [1.807, 2.05) is 35.2 Å². The Morgan fingerprint density at radius 3 is 2.68 bits per heavy atom. The number of carbonyl (C=O) groups excluding carboxylic acids is 2. The maximum atomic E-state index is 13.0. The smallest absolute Gasteiger partial charge is 0.392 e. The Hall–Kier alpha value is -3.23. The van der Waals surface area contributed by atoms with Crippen LogP contribution in [0.1, 0.15) is 12.5 Å². The molecule has 2 atom stereocenters. The molecule has 0 aromatic heterocycles. The first-order chi connectivity index (χ1) is 13.4. The molecule has 1 aromatic rings. The van der Waals surface area contributed by atoms with Gasteiger partial charge < -0.3 is 5.11 Å². The Morgan fingerprint density at radius 1 is 1.29 bits per heavy atom. The number of amides is 3. The van der Waals surface area contributed by atoms with Crippen molar-refractivity contribution in [1.29, 1.82) is 0 Å². The van der Waals surface area contributed by atoms with Crippen LogP contribution < -0.4 is 0 Å². The average Bonchev–Trinajstić information content (AvgIpc) is 3.04. The zero-order valence-corrected chi connectivity index (χ0v) is 15.8. The third-order valence-electron chi connectivity index (χ3n) is 5.22. The van der Waals surface area contributed by atoms with Crippen LogP contribution >= 0.6 is 0 Å². The van der Waals surface area contributed by atoms with Crippen LogP contribution in [0, 0.1) is 5.92 Å². The number of carboxylic acid groups (broad SMARTS) is 1. The maximum Gasteiger partial charge on any atom is 0.392 e. The zero-order chi connectivity index (χ0) is 20.0. The number of aliphatic imine (C=N–C) groups is 1. The number of likely N-dealkylation sites (N-methyl/N-ethyl adjacent to an activating group) is 1. The summed E-state index contributed by atoms with van der Waals surface area (Å²) in [6.07, 6.45) is 0. The third kappa shape index (κ3) is 2.92. The minimum atomic E-state index is -1.23. The molecule has 28 heavy (non-hydrogen) atoms. The monoisotopic (exact) mass is 384 g/mol. The number of urea groups is 1. The van der Waals surface area contributed by atoms with Crippen LogP contribution in [0.5, 0.6) is 0 Å². The van der Waals surface area contributed by atoms with Gasteiger partial charge in [0.1, 0.15) is 6.54 Å². The minimum absolute atomic E-state index is 0.283. The summed E-state index contributed by atoms with van der Waals surface area (Å²) in [5.74, 6) is -0.458. The fourth-order valence-electron chi connectivity index (χ4n) is 4.02. The molecular weight excluding hydrogens is 362 g/mol. The Kier molecular flexibility index (Phi) is 4.37. The van der Waals surface area contributed by atoms with Crippen molar-refractivity contribution in [2.45, 2.75) is 19.5 Å². The van der Waals surface area contributed by atoms with Gasteiger partial charge in [0, 0.05) is 13.0 Å². The van der Waals surface area contributed by atoms with Gasteiger partial charge in [-0.1, -0.05) is 42.2 Å². The molecule has 146 valence electrons. The van der Waals surface area contributed by atoms with Gasteiger partial charge in [-0.25, -0.2) is 14.6 Å². The molecule has 0 aliphatic carbocycles. The fourth-order valence-corrected chi connectivity index (χ4v) is 4.02. The van der Waals surface area contributed by atoms with Gasteiger partial charge in [0.15, 0.2) is 0 Å². The normalized spacial score (nSPS) is 24.4. The van der Waals surface area contributed by atoms with Crippen LogP contribution in [0.15, 0.2) is 35.3 Å². The summed E-state index contributed by atoms with van der Waals surface area (Å²) < 4.78 is 2.11. The van der Waals surface area contributed by atoms with Crippen LogP contribution in [0.2, 0.25) is 0 Å². The lowest BCUT2D eigenvalue weighted by molar-refractivity contribution is -0.561. The van der Waals surface area contributed by atoms with Gasteiger partial charge in [-0.05, 0) is 5.56 Å². The van der Waals surface area contributed by atoms with E-state index in [9.17, 15) is 14.4 Å². The van der Waals surface area contributed by atoms with Crippen molar-refractivity contribution in [3.05, 3.63) is 35.9 Å². The molecule has 4 rings (SSSR count). The van der Waals surface area contributed by atoms with E-state index in [1.54, 1.807) is 0 Å². The van der Waals surface area contributed by atoms with Crippen molar-refractivity contribution >= 4 is 29.7 Å². The average molecular weight is 384 g/mol. The number of hydrogen-bond acceptors (Lipinski definition) is 5. The van der Waals surface area contributed by atoms with Crippen LogP contribution in [0.3, 0.4) is 0 Å². The van der Waals surface area contributed by atoms with E-state index in [4.69, 9.17) is 5.11 Å². The van der Waals surface area contributed by atoms with E-state index in [0.717, 1.165) is 17.0 Å². The highest BCUT2D eigenvalue weighted by Crippen LogP contribution is 2.27. The summed E-state index contributed by atoms with van der Waals surface area (Å²) in [6.45, 7) is 3.50. The molecule has 1 fully saturated rings. The highest BCUT2D eigenvalue weighted by atomic mass is 16.4. The van der Waals surface area contributed by atoms with Crippen LogP contribution in [-0.4, -0.2) is 86.8 Å². The molecule has 9 heteroatoms. The van der Waals surface area contributed by atoms with Gasteiger partial charge in [-0.2, -0.15) is 0 Å². The maximum absolute atomic E-state index is 13.0. The second-order valence-corrected chi connectivity index (χ2v) is 7.46. The number of hydrogen-bond donors (Lipinski definition) is 1. The molecule has 1 saturated heterocycles. The number of nitrogens with zero attached hydrogens (tertiary/aromatic N) is 5. The van der Waals surface area contributed by atoms with Crippen LogP contribution in [-0.2, 0) is 16.1 Å². The number of aliphatic carboxylic acids is 1. The number of fused-ring (bicyclic) bond motifs is 3. The molecule has 0 spiro atoms. The summed E-state index contributed by atoms with van der Waals surface area (Å²) in [5.41, 5.74) is 1.13. The number of amidine groups is 1. The van der Waals surface area contributed by atoms with Crippen molar-refractivity contribution < 1.29 is 24.1 Å². The second-order valence-electron chi connectivity index (χ2n) is 7.46. The van der Waals surface area contributed by atoms with Crippen LogP contribution in [0.25, 0.3) is 0 Å². The highest BCUT2D eigenvalue weighted by Gasteiger charge is 2.57. The van der Waals surface area contributed by atoms with Crippen molar-refractivity contribution in [3.63, 3.8) is 0 Å². The molecule has 9 nitrogen and oxygen atoms in total. The Labute approximate surface area is 162 Å². The number of guanidine groups is 1. The van der Waals surface area contributed by atoms with Gasteiger partial charge >= 0.3 is 18.0 Å². The first-order valence-electron chi connectivity index (χ1n) is 9.18. The van der Waals surface area contributed by atoms with Crippen molar-refractivity contribution in [1.82, 2.24) is 14.7 Å². The molecule has 3 aliphatic rings. The standard InChI is InChI=1S/C19H21N5O4/c1-12-8-22(10-13-6-4-3-5-7-13)18-20-16-15(23(18)9-12)17(27)24(11-14(25)26)19(28)21(16)2/h3-7,12,15H,8-11H2,1-2H3/p+1. The van der Waals surface area contributed by atoms with Crippen LogP contribution in [0.4, 0.5) is 4.79 Å². The predicted octanol–water partition coefficient (Wildman–Crippen LogP) is 0.266. The molecule has 0 bridgehead atoms. The number of imide groups is 1. The molecule has 2 unspecified atom stereocenters. The molecule has 3 aliphatic heterocycles. The van der Waals surface area contributed by atoms with Crippen molar-refractivity contribution in [2.24, 2.45) is 10.9 Å².